The van der Waals surface area contributed by atoms with Gasteiger partial charge < -0.3 is 9.72 Å². The van der Waals surface area contributed by atoms with Crippen LogP contribution in [0.2, 0.25) is 0 Å². The fourth-order valence-electron chi connectivity index (χ4n) is 1.98. The van der Waals surface area contributed by atoms with E-state index >= 15 is 0 Å². The summed E-state index contributed by atoms with van der Waals surface area (Å²) in [7, 11) is 1.20. The van der Waals surface area contributed by atoms with Gasteiger partial charge in [0.15, 0.2) is 0 Å². The van der Waals surface area contributed by atoms with E-state index in [0.717, 1.165) is 22.0 Å². The molecule has 4 nitrogen and oxygen atoms in total. The molecule has 2 rings (SSSR count). The molecule has 0 saturated carbocycles. The molecule has 1 aromatic heterocycles. The Balaban J connectivity index is 2.64. The van der Waals surface area contributed by atoms with Gasteiger partial charge in [0.05, 0.1) is 12.7 Å². The number of nitrogens with one attached hydrogen (secondary N) is 1. The van der Waals surface area contributed by atoms with Crippen LogP contribution in [-0.2, 0) is 9.53 Å². The predicted octanol–water partition coefficient (Wildman–Crippen LogP) is 2.14. The Morgan fingerprint density at radius 3 is 2.59 bits per heavy atom. The molecule has 0 amide bonds. The maximum absolute atomic E-state index is 11.8. The first-order valence-electron chi connectivity index (χ1n) is 5.25. The number of hydrogen-bond donors (Lipinski definition) is 1. The van der Waals surface area contributed by atoms with Gasteiger partial charge in [-0.05, 0) is 25.5 Å². The molecule has 0 fully saturated rings. The summed E-state index contributed by atoms with van der Waals surface area (Å²) in [6.45, 7) is 3.91. The van der Waals surface area contributed by atoms with Gasteiger partial charge in [0.2, 0.25) is 0 Å². The molecule has 0 unspecified atom stereocenters. The molecule has 1 heterocycles. The van der Waals surface area contributed by atoms with Gasteiger partial charge in [-0.1, -0.05) is 11.6 Å². The van der Waals surface area contributed by atoms with Gasteiger partial charge in [-0.25, -0.2) is 4.79 Å². The van der Waals surface area contributed by atoms with Crippen molar-refractivity contribution in [3.05, 3.63) is 35.0 Å². The third-order valence-corrected chi connectivity index (χ3v) is 2.75. The van der Waals surface area contributed by atoms with Gasteiger partial charge in [-0.3, -0.25) is 4.79 Å². The summed E-state index contributed by atoms with van der Waals surface area (Å²) < 4.78 is 4.44. The zero-order valence-corrected chi connectivity index (χ0v) is 9.96. The van der Waals surface area contributed by atoms with Crippen LogP contribution in [0.4, 0.5) is 0 Å². The van der Waals surface area contributed by atoms with Crippen LogP contribution in [0.15, 0.2) is 18.3 Å². The second kappa shape index (κ2) is 4.05. The molecule has 0 atom stereocenters. The molecule has 0 spiro atoms. The molecular weight excluding hydrogens is 218 g/mol. The molecule has 0 bridgehead atoms. The lowest BCUT2D eigenvalue weighted by molar-refractivity contribution is -0.135. The van der Waals surface area contributed by atoms with Crippen molar-refractivity contribution in [2.24, 2.45) is 0 Å². The lowest BCUT2D eigenvalue weighted by Crippen LogP contribution is -2.15. The van der Waals surface area contributed by atoms with Crippen molar-refractivity contribution in [2.45, 2.75) is 13.8 Å². The monoisotopic (exact) mass is 231 g/mol. The highest BCUT2D eigenvalue weighted by molar-refractivity contribution is 6.43. The number of aromatic nitrogens is 1. The number of aryl methyl sites for hydroxylation is 2. The molecule has 88 valence electrons. The first-order valence-corrected chi connectivity index (χ1v) is 5.25. The molecule has 0 radical (unpaired) electrons. The average molecular weight is 231 g/mol. The van der Waals surface area contributed by atoms with Crippen molar-refractivity contribution in [1.82, 2.24) is 4.98 Å². The number of H-pyrrole nitrogens is 1. The number of ether oxygens (including phenoxy) is 1. The Kier molecular flexibility index (Phi) is 2.71. The van der Waals surface area contributed by atoms with E-state index in [4.69, 9.17) is 0 Å². The fraction of sp³-hybridized carbons (Fsp3) is 0.231. The third kappa shape index (κ3) is 1.82. The van der Waals surface area contributed by atoms with Crippen LogP contribution in [0.25, 0.3) is 10.9 Å². The van der Waals surface area contributed by atoms with Crippen molar-refractivity contribution >= 4 is 22.7 Å². The quantitative estimate of drug-likeness (QED) is 0.489. The van der Waals surface area contributed by atoms with Crippen molar-refractivity contribution in [1.29, 1.82) is 0 Å². The summed E-state index contributed by atoms with van der Waals surface area (Å²) in [5, 5.41) is 0.762. The standard InChI is InChI=1S/C13H13NO3/c1-7-4-8(2)11-9(5-7)10(6-14-11)12(15)13(16)17-3/h4-6,14H,1-3H3. The van der Waals surface area contributed by atoms with Crippen LogP contribution in [-0.4, -0.2) is 23.8 Å². The molecule has 1 N–H and O–H groups in total. The number of ketones is 1. The van der Waals surface area contributed by atoms with Crippen molar-refractivity contribution in [3.8, 4) is 0 Å². The fourth-order valence-corrected chi connectivity index (χ4v) is 1.98. The van der Waals surface area contributed by atoms with E-state index in [2.05, 4.69) is 9.72 Å². The Morgan fingerprint density at radius 2 is 1.94 bits per heavy atom. The Hall–Kier alpha value is -2.10. The Morgan fingerprint density at radius 1 is 1.24 bits per heavy atom. The summed E-state index contributed by atoms with van der Waals surface area (Å²) in [5.74, 6) is -1.46. The number of esters is 1. The third-order valence-electron chi connectivity index (χ3n) is 2.75. The lowest BCUT2D eigenvalue weighted by atomic mass is 10.0. The second-order valence-corrected chi connectivity index (χ2v) is 4.03. The molecular formula is C13H13NO3. The molecule has 2 aromatic rings. The summed E-state index contributed by atoms with van der Waals surface area (Å²) in [6.07, 6.45) is 1.55. The van der Waals surface area contributed by atoms with Crippen LogP contribution in [0.5, 0.6) is 0 Å². The number of benzene rings is 1. The van der Waals surface area contributed by atoms with Gasteiger partial charge in [-0.15, -0.1) is 0 Å². The molecule has 4 heteroatoms. The van der Waals surface area contributed by atoms with Crippen LogP contribution < -0.4 is 0 Å². The first kappa shape index (κ1) is 11.4. The molecule has 0 aliphatic rings. The summed E-state index contributed by atoms with van der Waals surface area (Å²) in [6, 6.07) is 3.90. The van der Waals surface area contributed by atoms with Crippen LogP contribution >= 0.6 is 0 Å². The topological polar surface area (TPSA) is 59.2 Å². The van der Waals surface area contributed by atoms with Gasteiger partial charge >= 0.3 is 5.97 Å². The number of hydrogen-bond acceptors (Lipinski definition) is 3. The number of methoxy groups -OCH3 is 1. The second-order valence-electron chi connectivity index (χ2n) is 4.03. The number of Topliss-reactive ketones (excluding diaryl/α,β-unsaturated/α-hetero) is 1. The maximum atomic E-state index is 11.8. The predicted molar refractivity (Wildman–Crippen MR) is 64.1 cm³/mol. The molecule has 0 aliphatic heterocycles. The van der Waals surface area contributed by atoms with Gasteiger partial charge in [-0.2, -0.15) is 0 Å². The lowest BCUT2D eigenvalue weighted by Gasteiger charge is -2.01. The van der Waals surface area contributed by atoms with Gasteiger partial charge in [0, 0.05) is 17.1 Å². The van der Waals surface area contributed by atoms with Gasteiger partial charge in [0.1, 0.15) is 0 Å². The van der Waals surface area contributed by atoms with E-state index in [1.807, 2.05) is 26.0 Å². The average Bonchev–Trinajstić information content (AvgIpc) is 2.70. The Labute approximate surface area is 98.6 Å². The van der Waals surface area contributed by atoms with Gasteiger partial charge in [0.25, 0.3) is 5.78 Å². The zero-order chi connectivity index (χ0) is 12.6. The summed E-state index contributed by atoms with van der Waals surface area (Å²) in [4.78, 5) is 26.0. The zero-order valence-electron chi connectivity index (χ0n) is 9.96. The number of rotatable bonds is 2. The number of fused-ring (bicyclic) bond motifs is 1. The SMILES string of the molecule is COC(=O)C(=O)c1c[nH]c2c(C)cc(C)cc12. The highest BCUT2D eigenvalue weighted by Crippen LogP contribution is 2.23. The summed E-state index contributed by atoms with van der Waals surface area (Å²) in [5.41, 5.74) is 3.33. The molecule has 0 saturated heterocycles. The highest BCUT2D eigenvalue weighted by atomic mass is 16.5. The number of aromatic amines is 1. The smallest absolute Gasteiger partial charge is 0.379 e. The van der Waals surface area contributed by atoms with Crippen molar-refractivity contribution < 1.29 is 14.3 Å². The van der Waals surface area contributed by atoms with E-state index in [-0.39, 0.29) is 0 Å². The largest absolute Gasteiger partial charge is 0.463 e. The normalized spacial score (nSPS) is 10.5. The highest BCUT2D eigenvalue weighted by Gasteiger charge is 2.20. The minimum atomic E-state index is -0.843. The Bertz CT molecular complexity index is 610. The minimum Gasteiger partial charge on any atom is -0.463 e. The number of carbonyl (C=O) groups is 2. The van der Waals surface area contributed by atoms with E-state index in [1.165, 1.54) is 7.11 Å². The van der Waals surface area contributed by atoms with E-state index in [0.29, 0.717) is 5.56 Å². The molecule has 1 aromatic carbocycles. The van der Waals surface area contributed by atoms with Crippen molar-refractivity contribution in [2.75, 3.05) is 7.11 Å². The first-order chi connectivity index (χ1) is 8.04. The maximum Gasteiger partial charge on any atom is 0.379 e. The minimum absolute atomic E-state index is 0.360. The van der Waals surface area contributed by atoms with Crippen molar-refractivity contribution in [3.63, 3.8) is 0 Å². The van der Waals surface area contributed by atoms with E-state index in [9.17, 15) is 9.59 Å². The number of carbonyl (C=O) groups excluding carboxylic acids is 2. The molecule has 0 aliphatic carbocycles. The van der Waals surface area contributed by atoms with Crippen LogP contribution in [0.1, 0.15) is 21.5 Å². The molecule has 17 heavy (non-hydrogen) atoms. The summed E-state index contributed by atoms with van der Waals surface area (Å²) >= 11 is 0. The van der Waals surface area contributed by atoms with E-state index in [1.54, 1.807) is 6.20 Å². The van der Waals surface area contributed by atoms with Crippen LogP contribution in [0, 0.1) is 13.8 Å². The van der Waals surface area contributed by atoms with E-state index < -0.39 is 11.8 Å². The van der Waals surface area contributed by atoms with Crippen LogP contribution in [0.3, 0.4) is 0 Å².